The molecule has 2 nitrogen and oxygen atoms in total. The van der Waals surface area contributed by atoms with E-state index in [2.05, 4.69) is 6.92 Å². The van der Waals surface area contributed by atoms with Crippen molar-refractivity contribution in [3.05, 3.63) is 12.2 Å². The fraction of sp³-hybridized carbons (Fsp3) is 0.667. The molecule has 0 radical (unpaired) electrons. The molecule has 0 saturated heterocycles. The van der Waals surface area contributed by atoms with Crippen LogP contribution in [0.3, 0.4) is 0 Å². The Morgan fingerprint density at radius 1 is 1.55 bits per heavy atom. The average molecular weight is 154 g/mol. The predicted molar refractivity (Wildman–Crippen MR) is 43.4 cm³/mol. The summed E-state index contributed by atoms with van der Waals surface area (Å²) in [5, 5.41) is 8.77. The predicted octanol–water partition coefficient (Wildman–Crippen LogP) is 2.21. The zero-order chi connectivity index (χ0) is 8.32. The van der Waals surface area contributed by atoms with Gasteiger partial charge in [0.2, 0.25) is 0 Å². The fourth-order valence-corrected chi connectivity index (χ4v) is 1.13. The molecule has 1 aliphatic carbocycles. The lowest BCUT2D eigenvalue weighted by molar-refractivity contribution is -0.143. The SMILES string of the molecule is CC/C=C/CC1(C(=O)O)CC1. The quantitative estimate of drug-likeness (QED) is 0.630. The van der Waals surface area contributed by atoms with E-state index < -0.39 is 5.97 Å². The number of hydrogen-bond donors (Lipinski definition) is 1. The monoisotopic (exact) mass is 154 g/mol. The highest BCUT2D eigenvalue weighted by Gasteiger charge is 2.48. The summed E-state index contributed by atoms with van der Waals surface area (Å²) in [5.74, 6) is -0.627. The zero-order valence-electron chi connectivity index (χ0n) is 6.84. The molecule has 0 aromatic heterocycles. The van der Waals surface area contributed by atoms with Gasteiger partial charge < -0.3 is 5.11 Å². The van der Waals surface area contributed by atoms with Gasteiger partial charge in [-0.2, -0.15) is 0 Å². The van der Waals surface area contributed by atoms with Crippen molar-refractivity contribution in [3.63, 3.8) is 0 Å². The van der Waals surface area contributed by atoms with Crippen molar-refractivity contribution in [2.45, 2.75) is 32.6 Å². The fourth-order valence-electron chi connectivity index (χ4n) is 1.13. The van der Waals surface area contributed by atoms with Crippen LogP contribution in [0, 0.1) is 5.41 Å². The zero-order valence-corrected chi connectivity index (χ0v) is 6.84. The largest absolute Gasteiger partial charge is 0.481 e. The summed E-state index contributed by atoms with van der Waals surface area (Å²) < 4.78 is 0. The summed E-state index contributed by atoms with van der Waals surface area (Å²) in [6.45, 7) is 2.05. The van der Waals surface area contributed by atoms with Gasteiger partial charge in [-0.25, -0.2) is 0 Å². The third-order valence-electron chi connectivity index (χ3n) is 2.22. The van der Waals surface area contributed by atoms with Crippen LogP contribution < -0.4 is 0 Å². The molecule has 1 saturated carbocycles. The third-order valence-corrected chi connectivity index (χ3v) is 2.22. The highest BCUT2D eigenvalue weighted by atomic mass is 16.4. The minimum atomic E-state index is -0.627. The van der Waals surface area contributed by atoms with Gasteiger partial charge in [0.15, 0.2) is 0 Å². The lowest BCUT2D eigenvalue weighted by Crippen LogP contribution is -2.13. The molecule has 62 valence electrons. The molecule has 1 fully saturated rings. The van der Waals surface area contributed by atoms with Crippen LogP contribution in [0.5, 0.6) is 0 Å². The molecule has 2 heteroatoms. The summed E-state index contributed by atoms with van der Waals surface area (Å²) in [6.07, 6.45) is 7.45. The summed E-state index contributed by atoms with van der Waals surface area (Å²) >= 11 is 0. The number of carbonyl (C=O) groups is 1. The van der Waals surface area contributed by atoms with Gasteiger partial charge in [0.1, 0.15) is 0 Å². The third kappa shape index (κ3) is 1.82. The van der Waals surface area contributed by atoms with Crippen LogP contribution in [0.1, 0.15) is 32.6 Å². The summed E-state index contributed by atoms with van der Waals surface area (Å²) in [6, 6.07) is 0. The molecule has 0 heterocycles. The van der Waals surface area contributed by atoms with E-state index in [1.807, 2.05) is 12.2 Å². The molecule has 0 aliphatic heterocycles. The Labute approximate surface area is 66.9 Å². The first-order chi connectivity index (χ1) is 5.21. The van der Waals surface area contributed by atoms with E-state index in [1.54, 1.807) is 0 Å². The van der Waals surface area contributed by atoms with Gasteiger partial charge in [-0.15, -0.1) is 0 Å². The Morgan fingerprint density at radius 3 is 2.55 bits per heavy atom. The highest BCUT2D eigenvalue weighted by Crippen LogP contribution is 2.49. The number of aliphatic carboxylic acids is 1. The number of carboxylic acid groups (broad SMARTS) is 1. The molecule has 0 amide bonds. The second-order valence-electron chi connectivity index (χ2n) is 3.17. The molecule has 0 atom stereocenters. The standard InChI is InChI=1S/C9H14O2/c1-2-3-4-5-9(6-7-9)8(10)11/h3-4H,2,5-7H2,1H3,(H,10,11)/b4-3+. The maximum absolute atomic E-state index is 10.6. The number of carboxylic acids is 1. The van der Waals surface area contributed by atoms with Crippen LogP contribution in [-0.4, -0.2) is 11.1 Å². The van der Waals surface area contributed by atoms with Crippen molar-refractivity contribution in [1.29, 1.82) is 0 Å². The molecular formula is C9H14O2. The lowest BCUT2D eigenvalue weighted by Gasteiger charge is -2.03. The van der Waals surface area contributed by atoms with Crippen molar-refractivity contribution < 1.29 is 9.90 Å². The van der Waals surface area contributed by atoms with Crippen molar-refractivity contribution in [2.75, 3.05) is 0 Å². The van der Waals surface area contributed by atoms with Crippen LogP contribution in [0.15, 0.2) is 12.2 Å². The van der Waals surface area contributed by atoms with E-state index in [9.17, 15) is 4.79 Å². The van der Waals surface area contributed by atoms with Gasteiger partial charge in [-0.1, -0.05) is 19.1 Å². The second kappa shape index (κ2) is 3.07. The number of allylic oxidation sites excluding steroid dienone is 2. The molecule has 11 heavy (non-hydrogen) atoms. The van der Waals surface area contributed by atoms with E-state index in [-0.39, 0.29) is 5.41 Å². The summed E-state index contributed by atoms with van der Waals surface area (Å²) in [7, 11) is 0. The Bertz CT molecular complexity index is 178. The lowest BCUT2D eigenvalue weighted by atomic mass is 10.0. The normalized spacial score (nSPS) is 20.5. The van der Waals surface area contributed by atoms with Gasteiger partial charge >= 0.3 is 5.97 Å². The molecule has 1 aliphatic rings. The van der Waals surface area contributed by atoms with E-state index in [4.69, 9.17) is 5.11 Å². The molecule has 0 unspecified atom stereocenters. The van der Waals surface area contributed by atoms with E-state index >= 15 is 0 Å². The van der Waals surface area contributed by atoms with Crippen LogP contribution in [0.25, 0.3) is 0 Å². The van der Waals surface area contributed by atoms with Gasteiger partial charge in [0.05, 0.1) is 5.41 Å². The van der Waals surface area contributed by atoms with E-state index in [1.165, 1.54) is 0 Å². The van der Waals surface area contributed by atoms with Gasteiger partial charge in [-0.3, -0.25) is 4.79 Å². The first-order valence-corrected chi connectivity index (χ1v) is 4.10. The Hall–Kier alpha value is -0.790. The minimum absolute atomic E-state index is 0.369. The van der Waals surface area contributed by atoms with Crippen LogP contribution in [0.2, 0.25) is 0 Å². The molecule has 0 aromatic carbocycles. The molecular weight excluding hydrogens is 140 g/mol. The topological polar surface area (TPSA) is 37.3 Å². The van der Waals surface area contributed by atoms with E-state index in [0.717, 1.165) is 25.7 Å². The first kappa shape index (κ1) is 8.31. The van der Waals surface area contributed by atoms with Crippen molar-refractivity contribution in [2.24, 2.45) is 5.41 Å². The van der Waals surface area contributed by atoms with Crippen molar-refractivity contribution >= 4 is 5.97 Å². The van der Waals surface area contributed by atoms with Gasteiger partial charge in [0, 0.05) is 0 Å². The first-order valence-electron chi connectivity index (χ1n) is 4.10. The van der Waals surface area contributed by atoms with Crippen LogP contribution >= 0.6 is 0 Å². The molecule has 0 spiro atoms. The molecule has 0 bridgehead atoms. The minimum Gasteiger partial charge on any atom is -0.481 e. The Morgan fingerprint density at radius 2 is 2.18 bits per heavy atom. The number of rotatable bonds is 4. The van der Waals surface area contributed by atoms with E-state index in [0.29, 0.717) is 0 Å². The van der Waals surface area contributed by atoms with Crippen molar-refractivity contribution in [1.82, 2.24) is 0 Å². The van der Waals surface area contributed by atoms with Gasteiger partial charge in [0.25, 0.3) is 0 Å². The van der Waals surface area contributed by atoms with Crippen LogP contribution in [-0.2, 0) is 4.79 Å². The number of hydrogen-bond acceptors (Lipinski definition) is 1. The maximum atomic E-state index is 10.6. The molecule has 1 rings (SSSR count). The Kier molecular flexibility index (Phi) is 2.32. The molecule has 1 N–H and O–H groups in total. The highest BCUT2D eigenvalue weighted by molar-refractivity contribution is 5.77. The summed E-state index contributed by atoms with van der Waals surface area (Å²) in [5.41, 5.74) is -0.369. The Balaban J connectivity index is 2.36. The second-order valence-corrected chi connectivity index (χ2v) is 3.17. The average Bonchev–Trinajstić information content (AvgIpc) is 2.70. The van der Waals surface area contributed by atoms with Crippen molar-refractivity contribution in [3.8, 4) is 0 Å². The molecule has 0 aromatic rings. The maximum Gasteiger partial charge on any atom is 0.309 e. The summed E-state index contributed by atoms with van der Waals surface area (Å²) in [4.78, 5) is 10.6. The smallest absolute Gasteiger partial charge is 0.309 e. The van der Waals surface area contributed by atoms with Gasteiger partial charge in [-0.05, 0) is 25.7 Å². The van der Waals surface area contributed by atoms with Crippen LogP contribution in [0.4, 0.5) is 0 Å².